The fourth-order valence-corrected chi connectivity index (χ4v) is 3.44. The number of amides is 1. The highest BCUT2D eigenvalue weighted by Gasteiger charge is 2.41. The number of nitrogens with zero attached hydrogens (tertiary/aromatic N) is 1. The molecule has 3 N–H and O–H groups in total. The third kappa shape index (κ3) is 3.20. The van der Waals surface area contributed by atoms with Gasteiger partial charge < -0.3 is 11.1 Å². The summed E-state index contributed by atoms with van der Waals surface area (Å²) in [6.45, 7) is 4.47. The molecule has 1 amide bonds. The standard InChI is InChI=1S/C15H27N3O2/c1-2-9-17-15(14(16)20)7-10-18(11-8-15)12-5-3-4-6-13(12)19/h12,17H,2-11H2,1H3,(H2,16,20). The first-order valence-electron chi connectivity index (χ1n) is 7.91. The van der Waals surface area contributed by atoms with E-state index >= 15 is 0 Å². The molecule has 1 saturated heterocycles. The van der Waals surface area contributed by atoms with Crippen LogP contribution in [0.2, 0.25) is 0 Å². The molecule has 0 aromatic heterocycles. The van der Waals surface area contributed by atoms with E-state index in [4.69, 9.17) is 5.73 Å². The fourth-order valence-electron chi connectivity index (χ4n) is 3.44. The second-order valence-electron chi connectivity index (χ2n) is 6.14. The molecule has 20 heavy (non-hydrogen) atoms. The minimum absolute atomic E-state index is 0.0841. The van der Waals surface area contributed by atoms with Gasteiger partial charge in [-0.2, -0.15) is 0 Å². The van der Waals surface area contributed by atoms with E-state index in [0.717, 1.165) is 51.7 Å². The molecule has 1 atom stereocenters. The van der Waals surface area contributed by atoms with Gasteiger partial charge in [-0.25, -0.2) is 0 Å². The Morgan fingerprint density at radius 1 is 1.40 bits per heavy atom. The molecule has 0 aromatic rings. The van der Waals surface area contributed by atoms with Gasteiger partial charge >= 0.3 is 0 Å². The second kappa shape index (κ2) is 6.68. The molecule has 1 aliphatic carbocycles. The normalized spacial score (nSPS) is 27.4. The Kier molecular flexibility index (Phi) is 5.16. The summed E-state index contributed by atoms with van der Waals surface area (Å²) in [5, 5.41) is 3.33. The van der Waals surface area contributed by atoms with Gasteiger partial charge in [0.15, 0.2) is 0 Å². The summed E-state index contributed by atoms with van der Waals surface area (Å²) in [4.78, 5) is 26.1. The number of primary amides is 1. The van der Waals surface area contributed by atoms with E-state index in [0.29, 0.717) is 18.6 Å². The van der Waals surface area contributed by atoms with Crippen molar-refractivity contribution in [2.75, 3.05) is 19.6 Å². The van der Waals surface area contributed by atoms with Crippen LogP contribution >= 0.6 is 0 Å². The predicted octanol–water partition coefficient (Wildman–Crippen LogP) is 0.818. The first-order chi connectivity index (χ1) is 9.59. The Labute approximate surface area is 121 Å². The number of piperidine rings is 1. The number of hydrogen-bond donors (Lipinski definition) is 2. The van der Waals surface area contributed by atoms with Crippen LogP contribution in [-0.2, 0) is 9.59 Å². The third-order valence-electron chi connectivity index (χ3n) is 4.80. The molecule has 0 radical (unpaired) electrons. The van der Waals surface area contributed by atoms with Gasteiger partial charge in [0.1, 0.15) is 11.3 Å². The van der Waals surface area contributed by atoms with Gasteiger partial charge in [0.05, 0.1) is 6.04 Å². The zero-order valence-electron chi connectivity index (χ0n) is 12.5. The van der Waals surface area contributed by atoms with E-state index in [1.54, 1.807) is 0 Å². The lowest BCUT2D eigenvalue weighted by molar-refractivity contribution is -0.129. The van der Waals surface area contributed by atoms with Crippen LogP contribution in [0.1, 0.15) is 51.9 Å². The van der Waals surface area contributed by atoms with Gasteiger partial charge in [0.25, 0.3) is 0 Å². The number of Topliss-reactive ketones (excluding diaryl/α,β-unsaturated/α-hetero) is 1. The average molecular weight is 281 g/mol. The van der Waals surface area contributed by atoms with E-state index in [-0.39, 0.29) is 11.9 Å². The molecule has 0 aromatic carbocycles. The molecule has 1 heterocycles. The first kappa shape index (κ1) is 15.4. The van der Waals surface area contributed by atoms with Crippen molar-refractivity contribution in [3.63, 3.8) is 0 Å². The highest BCUT2D eigenvalue weighted by molar-refractivity contribution is 5.86. The molecule has 2 rings (SSSR count). The maximum Gasteiger partial charge on any atom is 0.237 e. The van der Waals surface area contributed by atoms with Crippen molar-refractivity contribution >= 4 is 11.7 Å². The maximum atomic E-state index is 12.0. The molecule has 1 unspecified atom stereocenters. The Hall–Kier alpha value is -0.940. The maximum absolute atomic E-state index is 12.0. The second-order valence-corrected chi connectivity index (χ2v) is 6.14. The first-order valence-corrected chi connectivity index (χ1v) is 7.91. The van der Waals surface area contributed by atoms with E-state index in [1.165, 1.54) is 0 Å². The van der Waals surface area contributed by atoms with Gasteiger partial charge in [-0.1, -0.05) is 13.3 Å². The molecule has 2 aliphatic rings. The lowest BCUT2D eigenvalue weighted by Crippen LogP contribution is -2.62. The van der Waals surface area contributed by atoms with Crippen LogP contribution in [0, 0.1) is 0 Å². The zero-order valence-corrected chi connectivity index (χ0v) is 12.5. The lowest BCUT2D eigenvalue weighted by Gasteiger charge is -2.43. The highest BCUT2D eigenvalue weighted by atomic mass is 16.1. The summed E-state index contributed by atoms with van der Waals surface area (Å²) in [5.74, 6) is 0.130. The summed E-state index contributed by atoms with van der Waals surface area (Å²) < 4.78 is 0. The van der Waals surface area contributed by atoms with Gasteiger partial charge in [-0.05, 0) is 38.6 Å². The molecule has 5 nitrogen and oxygen atoms in total. The molecule has 2 fully saturated rings. The number of hydrogen-bond acceptors (Lipinski definition) is 4. The zero-order chi connectivity index (χ0) is 14.6. The minimum atomic E-state index is -0.565. The number of ketones is 1. The molecule has 0 spiro atoms. The summed E-state index contributed by atoms with van der Waals surface area (Å²) >= 11 is 0. The minimum Gasteiger partial charge on any atom is -0.368 e. The number of likely N-dealkylation sites (tertiary alicyclic amines) is 1. The lowest BCUT2D eigenvalue weighted by atomic mass is 9.84. The SMILES string of the molecule is CCCNC1(C(N)=O)CCN(C2CCCCC2=O)CC1. The van der Waals surface area contributed by atoms with Crippen LogP contribution in [0.15, 0.2) is 0 Å². The molecule has 1 aliphatic heterocycles. The summed E-state index contributed by atoms with van der Waals surface area (Å²) in [7, 11) is 0. The van der Waals surface area contributed by atoms with Crippen LogP contribution in [0.25, 0.3) is 0 Å². The van der Waals surface area contributed by atoms with Crippen molar-refractivity contribution in [2.45, 2.75) is 63.5 Å². The van der Waals surface area contributed by atoms with Crippen LogP contribution in [0.5, 0.6) is 0 Å². The predicted molar refractivity (Wildman–Crippen MR) is 78.3 cm³/mol. The molecule has 114 valence electrons. The van der Waals surface area contributed by atoms with Crippen molar-refractivity contribution in [1.29, 1.82) is 0 Å². The van der Waals surface area contributed by atoms with Gasteiger partial charge in [0.2, 0.25) is 5.91 Å². The Morgan fingerprint density at radius 3 is 2.65 bits per heavy atom. The van der Waals surface area contributed by atoms with Gasteiger partial charge in [-0.3, -0.25) is 14.5 Å². The molecular formula is C15H27N3O2. The van der Waals surface area contributed by atoms with Crippen molar-refractivity contribution in [3.05, 3.63) is 0 Å². The van der Waals surface area contributed by atoms with Crippen LogP contribution in [0.4, 0.5) is 0 Å². The van der Waals surface area contributed by atoms with Gasteiger partial charge in [0, 0.05) is 19.5 Å². The Balaban J connectivity index is 1.95. The van der Waals surface area contributed by atoms with Crippen LogP contribution < -0.4 is 11.1 Å². The fraction of sp³-hybridized carbons (Fsp3) is 0.867. The number of nitrogens with one attached hydrogen (secondary N) is 1. The molecule has 1 saturated carbocycles. The smallest absolute Gasteiger partial charge is 0.237 e. The Bertz CT molecular complexity index is 362. The van der Waals surface area contributed by atoms with Crippen molar-refractivity contribution in [3.8, 4) is 0 Å². The Morgan fingerprint density at radius 2 is 2.10 bits per heavy atom. The molecule has 5 heteroatoms. The van der Waals surface area contributed by atoms with Crippen molar-refractivity contribution in [1.82, 2.24) is 10.2 Å². The number of nitrogens with two attached hydrogens (primary N) is 1. The molecular weight excluding hydrogens is 254 g/mol. The van der Waals surface area contributed by atoms with E-state index in [1.807, 2.05) is 0 Å². The number of carbonyl (C=O) groups is 2. The largest absolute Gasteiger partial charge is 0.368 e. The van der Waals surface area contributed by atoms with E-state index in [2.05, 4.69) is 17.1 Å². The summed E-state index contributed by atoms with van der Waals surface area (Å²) in [5.41, 5.74) is 5.04. The van der Waals surface area contributed by atoms with Crippen LogP contribution in [0.3, 0.4) is 0 Å². The highest BCUT2D eigenvalue weighted by Crippen LogP contribution is 2.27. The average Bonchev–Trinajstić information content (AvgIpc) is 2.46. The van der Waals surface area contributed by atoms with Gasteiger partial charge in [-0.15, -0.1) is 0 Å². The quantitative estimate of drug-likeness (QED) is 0.782. The van der Waals surface area contributed by atoms with Crippen molar-refractivity contribution in [2.24, 2.45) is 5.73 Å². The molecule has 0 bridgehead atoms. The van der Waals surface area contributed by atoms with E-state index < -0.39 is 5.54 Å². The monoisotopic (exact) mass is 281 g/mol. The third-order valence-corrected chi connectivity index (χ3v) is 4.80. The van der Waals surface area contributed by atoms with Crippen molar-refractivity contribution < 1.29 is 9.59 Å². The van der Waals surface area contributed by atoms with Crippen LogP contribution in [-0.4, -0.2) is 47.8 Å². The summed E-state index contributed by atoms with van der Waals surface area (Å²) in [6, 6.07) is 0.0841. The summed E-state index contributed by atoms with van der Waals surface area (Å²) in [6.07, 6.45) is 6.29. The number of carbonyl (C=O) groups excluding carboxylic acids is 2. The number of rotatable bonds is 5. The topological polar surface area (TPSA) is 75.4 Å². The van der Waals surface area contributed by atoms with E-state index in [9.17, 15) is 9.59 Å².